The molecular formula is C16H32O4Se. The molecule has 2 radical (unpaired) electrons. The molecule has 21 heavy (non-hydrogen) atoms. The van der Waals surface area contributed by atoms with E-state index in [0.717, 1.165) is 51.4 Å². The number of aliphatic carboxylic acids is 2. The molecule has 0 aliphatic carbocycles. The number of carboxylic acid groups (broad SMARTS) is 2. The van der Waals surface area contributed by atoms with Crippen molar-refractivity contribution in [3.63, 3.8) is 0 Å². The van der Waals surface area contributed by atoms with Crippen molar-refractivity contribution in [2.24, 2.45) is 11.8 Å². The summed E-state index contributed by atoms with van der Waals surface area (Å²) in [6, 6.07) is 0. The van der Waals surface area contributed by atoms with Crippen LogP contribution in [0.2, 0.25) is 0 Å². The second-order valence-electron chi connectivity index (χ2n) is 5.17. The van der Waals surface area contributed by atoms with Gasteiger partial charge >= 0.3 is 11.9 Å². The van der Waals surface area contributed by atoms with Crippen LogP contribution in [0, 0.1) is 11.8 Å². The molecule has 0 aromatic rings. The molecule has 0 aliphatic rings. The van der Waals surface area contributed by atoms with Crippen LogP contribution in [0.1, 0.15) is 79.1 Å². The molecule has 126 valence electrons. The molecule has 0 spiro atoms. The van der Waals surface area contributed by atoms with Gasteiger partial charge in [-0.2, -0.15) is 0 Å². The van der Waals surface area contributed by atoms with E-state index in [1.807, 2.05) is 13.8 Å². The number of unbranched alkanes of at least 4 members (excludes halogenated alkanes) is 2. The molecule has 4 nitrogen and oxygen atoms in total. The van der Waals surface area contributed by atoms with Gasteiger partial charge in [-0.1, -0.05) is 53.4 Å². The van der Waals surface area contributed by atoms with E-state index in [-0.39, 0.29) is 28.9 Å². The molecule has 0 aromatic carbocycles. The topological polar surface area (TPSA) is 74.6 Å². The molecule has 0 bridgehead atoms. The van der Waals surface area contributed by atoms with Crippen LogP contribution >= 0.6 is 0 Å². The molecule has 5 heteroatoms. The molecule has 0 aliphatic heterocycles. The molecule has 2 unspecified atom stereocenters. The van der Waals surface area contributed by atoms with Crippen LogP contribution in [0.3, 0.4) is 0 Å². The zero-order valence-corrected chi connectivity index (χ0v) is 15.6. The van der Waals surface area contributed by atoms with Gasteiger partial charge in [0.25, 0.3) is 0 Å². The van der Waals surface area contributed by atoms with E-state index in [4.69, 9.17) is 10.2 Å². The molecular weight excluding hydrogens is 335 g/mol. The molecule has 0 amide bonds. The fourth-order valence-corrected chi connectivity index (χ4v) is 1.91. The molecule has 0 saturated heterocycles. The van der Waals surface area contributed by atoms with Crippen molar-refractivity contribution in [1.82, 2.24) is 0 Å². The first-order chi connectivity index (χ1) is 9.44. The van der Waals surface area contributed by atoms with E-state index < -0.39 is 11.9 Å². The van der Waals surface area contributed by atoms with Crippen molar-refractivity contribution in [3.05, 3.63) is 0 Å². The van der Waals surface area contributed by atoms with Gasteiger partial charge in [0.2, 0.25) is 0 Å². The molecule has 2 N–H and O–H groups in total. The second kappa shape index (κ2) is 17.5. The molecule has 0 rings (SSSR count). The van der Waals surface area contributed by atoms with Crippen molar-refractivity contribution in [2.45, 2.75) is 79.1 Å². The Morgan fingerprint density at radius 1 is 0.762 bits per heavy atom. The van der Waals surface area contributed by atoms with Crippen LogP contribution in [-0.4, -0.2) is 39.2 Å². The third-order valence-corrected chi connectivity index (χ3v) is 3.50. The van der Waals surface area contributed by atoms with Gasteiger partial charge in [0.05, 0.1) is 11.8 Å². The van der Waals surface area contributed by atoms with E-state index >= 15 is 0 Å². The molecule has 2 atom stereocenters. The summed E-state index contributed by atoms with van der Waals surface area (Å²) >= 11 is 0. The molecule has 0 saturated carbocycles. The number of rotatable bonds is 10. The van der Waals surface area contributed by atoms with Gasteiger partial charge < -0.3 is 10.2 Å². The Morgan fingerprint density at radius 3 is 1.19 bits per heavy atom. The SMILES string of the molecule is CCCCC(CC)C(=O)O.CCCCC(CC)C(=O)O.[Se]. The summed E-state index contributed by atoms with van der Waals surface area (Å²) in [7, 11) is 0. The minimum atomic E-state index is -0.643. The van der Waals surface area contributed by atoms with Crippen LogP contribution < -0.4 is 0 Å². The van der Waals surface area contributed by atoms with E-state index in [9.17, 15) is 9.59 Å². The fourth-order valence-electron chi connectivity index (χ4n) is 1.91. The summed E-state index contributed by atoms with van der Waals surface area (Å²) in [6.45, 7) is 8.01. The Kier molecular flexibility index (Phi) is 21.2. The van der Waals surface area contributed by atoms with Gasteiger partial charge in [0.15, 0.2) is 0 Å². The Morgan fingerprint density at radius 2 is 1.05 bits per heavy atom. The number of hydrogen-bond acceptors (Lipinski definition) is 2. The Labute approximate surface area is 140 Å². The first-order valence-electron chi connectivity index (χ1n) is 7.89. The zero-order valence-electron chi connectivity index (χ0n) is 13.9. The fraction of sp³-hybridized carbons (Fsp3) is 0.875. The Hall–Kier alpha value is -0.541. The van der Waals surface area contributed by atoms with Gasteiger partial charge in [-0.25, -0.2) is 0 Å². The summed E-state index contributed by atoms with van der Waals surface area (Å²) in [5.41, 5.74) is 0. The monoisotopic (exact) mass is 368 g/mol. The van der Waals surface area contributed by atoms with Gasteiger partial charge in [0, 0.05) is 17.1 Å². The van der Waals surface area contributed by atoms with Crippen LogP contribution in [0.4, 0.5) is 0 Å². The maximum Gasteiger partial charge on any atom is 0.306 e. The van der Waals surface area contributed by atoms with E-state index in [0.29, 0.717) is 0 Å². The molecule has 0 aromatic heterocycles. The first-order valence-corrected chi connectivity index (χ1v) is 7.89. The average molecular weight is 367 g/mol. The predicted octanol–water partition coefficient (Wildman–Crippen LogP) is 4.19. The number of hydrogen-bond donors (Lipinski definition) is 2. The minimum Gasteiger partial charge on any atom is -0.481 e. The van der Waals surface area contributed by atoms with E-state index in [1.54, 1.807) is 0 Å². The third-order valence-electron chi connectivity index (χ3n) is 3.50. The van der Waals surface area contributed by atoms with Crippen molar-refractivity contribution in [1.29, 1.82) is 0 Å². The zero-order chi connectivity index (χ0) is 16.0. The Bertz CT molecular complexity index is 231. The van der Waals surface area contributed by atoms with E-state index in [2.05, 4.69) is 13.8 Å². The summed E-state index contributed by atoms with van der Waals surface area (Å²) in [4.78, 5) is 20.9. The quantitative estimate of drug-likeness (QED) is 0.568. The van der Waals surface area contributed by atoms with Gasteiger partial charge in [0.1, 0.15) is 0 Å². The van der Waals surface area contributed by atoms with Crippen molar-refractivity contribution in [3.8, 4) is 0 Å². The third kappa shape index (κ3) is 15.7. The Balaban J connectivity index is -0.000000295. The van der Waals surface area contributed by atoms with Gasteiger partial charge in [-0.05, 0) is 25.7 Å². The minimum absolute atomic E-state index is 0. The van der Waals surface area contributed by atoms with Crippen molar-refractivity contribution in [2.75, 3.05) is 0 Å². The summed E-state index contributed by atoms with van der Waals surface area (Å²) in [6.07, 6.45) is 7.43. The van der Waals surface area contributed by atoms with Crippen molar-refractivity contribution >= 4 is 29.0 Å². The smallest absolute Gasteiger partial charge is 0.306 e. The summed E-state index contributed by atoms with van der Waals surface area (Å²) in [5, 5.41) is 17.2. The number of carboxylic acids is 2. The first kappa shape index (κ1) is 25.4. The summed E-state index contributed by atoms with van der Waals surface area (Å²) < 4.78 is 0. The normalized spacial score (nSPS) is 12.4. The molecule has 0 fully saturated rings. The van der Waals surface area contributed by atoms with Gasteiger partial charge in [-0.15, -0.1) is 0 Å². The van der Waals surface area contributed by atoms with Gasteiger partial charge in [-0.3, -0.25) is 9.59 Å². The maximum atomic E-state index is 10.4. The van der Waals surface area contributed by atoms with Crippen LogP contribution in [0.15, 0.2) is 0 Å². The maximum absolute atomic E-state index is 10.4. The molecule has 0 heterocycles. The van der Waals surface area contributed by atoms with Crippen LogP contribution in [0.5, 0.6) is 0 Å². The van der Waals surface area contributed by atoms with E-state index in [1.165, 1.54) is 0 Å². The second-order valence-corrected chi connectivity index (χ2v) is 5.17. The number of carbonyl (C=O) groups is 2. The van der Waals surface area contributed by atoms with Crippen LogP contribution in [0.25, 0.3) is 0 Å². The average Bonchev–Trinajstić information content (AvgIpc) is 2.40. The standard InChI is InChI=1S/2C8H16O2.Se/c2*1-3-5-6-7(4-2)8(9)10;/h2*7H,3-6H2,1-2H3,(H,9,10);. The van der Waals surface area contributed by atoms with Crippen LogP contribution in [-0.2, 0) is 9.59 Å². The summed E-state index contributed by atoms with van der Waals surface area (Å²) in [5.74, 6) is -1.51. The largest absolute Gasteiger partial charge is 0.481 e. The van der Waals surface area contributed by atoms with Crippen molar-refractivity contribution < 1.29 is 19.8 Å². The predicted molar refractivity (Wildman–Crippen MR) is 87.6 cm³/mol.